The molecule has 0 radical (unpaired) electrons. The molecule has 0 fully saturated rings. The maximum Gasteiger partial charge on any atom is 0.0351 e. The van der Waals surface area contributed by atoms with Crippen molar-refractivity contribution in [3.05, 3.63) is 0 Å². The summed E-state index contributed by atoms with van der Waals surface area (Å²) in [5.74, 6) is 1.62. The molecule has 0 heterocycles. The molecular weight excluding hydrogens is 194 g/mol. The molecule has 14 heavy (non-hydrogen) atoms. The summed E-state index contributed by atoms with van der Waals surface area (Å²) in [7, 11) is 0. The van der Waals surface area contributed by atoms with Gasteiger partial charge in [-0.05, 0) is 18.9 Å². The van der Waals surface area contributed by atoms with Crippen molar-refractivity contribution in [2.24, 2.45) is 5.92 Å². The number of hydrogen-bond acceptors (Lipinski definition) is 1. The molecule has 2 heteroatoms. The first kappa shape index (κ1) is 14.2. The van der Waals surface area contributed by atoms with Crippen LogP contribution in [0.4, 0.5) is 0 Å². The molecule has 0 N–H and O–H groups in total. The van der Waals surface area contributed by atoms with Crippen LogP contribution < -0.4 is 0 Å². The van der Waals surface area contributed by atoms with E-state index in [2.05, 4.69) is 25.7 Å². The van der Waals surface area contributed by atoms with Crippen molar-refractivity contribution in [2.45, 2.75) is 46.5 Å². The van der Waals surface area contributed by atoms with Gasteiger partial charge in [0.1, 0.15) is 0 Å². The van der Waals surface area contributed by atoms with Gasteiger partial charge in [-0.3, -0.25) is 0 Å². The van der Waals surface area contributed by atoms with Crippen LogP contribution in [0.3, 0.4) is 0 Å². The monoisotopic (exact) mass is 219 g/mol. The van der Waals surface area contributed by atoms with Crippen LogP contribution in [-0.4, -0.2) is 30.4 Å². The summed E-state index contributed by atoms with van der Waals surface area (Å²) < 4.78 is 0. The number of unbranched alkanes of at least 4 members (excludes halogenated alkanes) is 1. The fraction of sp³-hybridized carbons (Fsp3) is 1.00. The Morgan fingerprint density at radius 2 is 1.71 bits per heavy atom. The van der Waals surface area contributed by atoms with Gasteiger partial charge < -0.3 is 4.90 Å². The number of rotatable bonds is 9. The minimum Gasteiger partial charge on any atom is -0.302 e. The highest BCUT2D eigenvalue weighted by Crippen LogP contribution is 2.10. The van der Waals surface area contributed by atoms with Gasteiger partial charge >= 0.3 is 0 Å². The first-order valence-corrected chi connectivity index (χ1v) is 6.60. The molecule has 0 aliphatic rings. The highest BCUT2D eigenvalue weighted by molar-refractivity contribution is 6.18. The minimum atomic E-state index is 0.768. The maximum atomic E-state index is 5.80. The largest absolute Gasteiger partial charge is 0.302 e. The summed E-state index contributed by atoms with van der Waals surface area (Å²) in [4.78, 5) is 2.52. The highest BCUT2D eigenvalue weighted by atomic mass is 35.5. The zero-order chi connectivity index (χ0) is 10.8. The van der Waals surface area contributed by atoms with Gasteiger partial charge in [-0.1, -0.05) is 40.0 Å². The van der Waals surface area contributed by atoms with E-state index >= 15 is 0 Å². The Balaban J connectivity index is 3.80. The Kier molecular flexibility index (Phi) is 9.97. The van der Waals surface area contributed by atoms with Gasteiger partial charge in [-0.15, -0.1) is 11.6 Å². The second-order valence-corrected chi connectivity index (χ2v) is 4.40. The van der Waals surface area contributed by atoms with Gasteiger partial charge in [-0.2, -0.15) is 0 Å². The predicted octanol–water partition coefficient (Wildman–Crippen LogP) is 3.76. The van der Waals surface area contributed by atoms with E-state index in [-0.39, 0.29) is 0 Å². The smallest absolute Gasteiger partial charge is 0.0351 e. The summed E-state index contributed by atoms with van der Waals surface area (Å²) in [6.07, 6.45) is 5.17. The van der Waals surface area contributed by atoms with Crippen molar-refractivity contribution < 1.29 is 0 Å². The molecule has 1 nitrogen and oxygen atoms in total. The van der Waals surface area contributed by atoms with E-state index in [0.29, 0.717) is 0 Å². The Hall–Kier alpha value is 0.250. The van der Waals surface area contributed by atoms with E-state index in [9.17, 15) is 0 Å². The van der Waals surface area contributed by atoms with E-state index in [1.54, 1.807) is 0 Å². The molecule has 0 amide bonds. The quantitative estimate of drug-likeness (QED) is 0.534. The van der Waals surface area contributed by atoms with Gasteiger partial charge in [0.25, 0.3) is 0 Å². The van der Waals surface area contributed by atoms with Crippen molar-refractivity contribution in [2.75, 3.05) is 25.5 Å². The molecule has 0 aromatic carbocycles. The fourth-order valence-corrected chi connectivity index (χ4v) is 1.95. The predicted molar refractivity (Wildman–Crippen MR) is 66.1 cm³/mol. The average molecular weight is 220 g/mol. The SMILES string of the molecule is CCCCN(CCCl)CC(CC)CC. The molecular formula is C12H26ClN. The van der Waals surface area contributed by atoms with Crippen molar-refractivity contribution in [3.8, 4) is 0 Å². The molecule has 86 valence electrons. The highest BCUT2D eigenvalue weighted by Gasteiger charge is 2.09. The standard InChI is InChI=1S/C12H26ClN/c1-4-7-9-14(10-8-13)11-12(5-2)6-3/h12H,4-11H2,1-3H3. The zero-order valence-corrected chi connectivity index (χ0v) is 10.8. The van der Waals surface area contributed by atoms with Crippen molar-refractivity contribution >= 4 is 11.6 Å². The molecule has 0 atom stereocenters. The van der Waals surface area contributed by atoms with Crippen molar-refractivity contribution in [1.82, 2.24) is 4.90 Å². The second kappa shape index (κ2) is 9.79. The topological polar surface area (TPSA) is 3.24 Å². The van der Waals surface area contributed by atoms with E-state index in [4.69, 9.17) is 11.6 Å². The third-order valence-corrected chi connectivity index (χ3v) is 3.07. The second-order valence-electron chi connectivity index (χ2n) is 4.03. The van der Waals surface area contributed by atoms with Crippen LogP contribution in [0.5, 0.6) is 0 Å². The Labute approximate surface area is 94.8 Å². The van der Waals surface area contributed by atoms with Crippen LogP contribution in [0.25, 0.3) is 0 Å². The van der Waals surface area contributed by atoms with Gasteiger partial charge in [0.2, 0.25) is 0 Å². The van der Waals surface area contributed by atoms with Gasteiger partial charge in [0, 0.05) is 19.0 Å². The first-order chi connectivity index (χ1) is 6.78. The lowest BCUT2D eigenvalue weighted by atomic mass is 10.0. The van der Waals surface area contributed by atoms with Crippen molar-refractivity contribution in [1.29, 1.82) is 0 Å². The van der Waals surface area contributed by atoms with Crippen LogP contribution in [0, 0.1) is 5.92 Å². The van der Waals surface area contributed by atoms with Crippen LogP contribution in [0.2, 0.25) is 0 Å². The van der Waals surface area contributed by atoms with E-state index in [1.807, 2.05) is 0 Å². The molecule has 0 aromatic rings. The molecule has 0 bridgehead atoms. The van der Waals surface area contributed by atoms with Crippen LogP contribution in [0.1, 0.15) is 46.5 Å². The van der Waals surface area contributed by atoms with Gasteiger partial charge in [0.05, 0.1) is 0 Å². The van der Waals surface area contributed by atoms with Crippen LogP contribution >= 0.6 is 11.6 Å². The summed E-state index contributed by atoms with van der Waals surface area (Å²) in [6.45, 7) is 10.3. The third-order valence-electron chi connectivity index (χ3n) is 2.90. The zero-order valence-electron chi connectivity index (χ0n) is 10.1. The maximum absolute atomic E-state index is 5.80. The Morgan fingerprint density at radius 3 is 2.14 bits per heavy atom. The average Bonchev–Trinajstić information content (AvgIpc) is 2.22. The lowest BCUT2D eigenvalue weighted by Gasteiger charge is -2.25. The number of halogens is 1. The minimum absolute atomic E-state index is 0.768. The normalized spacial score (nSPS) is 11.6. The fourth-order valence-electron chi connectivity index (χ4n) is 1.71. The summed E-state index contributed by atoms with van der Waals surface area (Å²) in [5, 5.41) is 0. The van der Waals surface area contributed by atoms with E-state index in [1.165, 1.54) is 38.8 Å². The molecule has 0 aliphatic heterocycles. The van der Waals surface area contributed by atoms with E-state index in [0.717, 1.165) is 18.3 Å². The third kappa shape index (κ3) is 6.67. The lowest BCUT2D eigenvalue weighted by molar-refractivity contribution is 0.232. The van der Waals surface area contributed by atoms with Crippen molar-refractivity contribution in [3.63, 3.8) is 0 Å². The summed E-state index contributed by atoms with van der Waals surface area (Å²) in [5.41, 5.74) is 0. The Bertz CT molecular complexity index is 113. The number of alkyl halides is 1. The Morgan fingerprint density at radius 1 is 1.07 bits per heavy atom. The summed E-state index contributed by atoms with van der Waals surface area (Å²) >= 11 is 5.80. The molecule has 0 aromatic heterocycles. The molecule has 0 spiro atoms. The van der Waals surface area contributed by atoms with Crippen LogP contribution in [-0.2, 0) is 0 Å². The van der Waals surface area contributed by atoms with E-state index < -0.39 is 0 Å². The molecule has 0 aliphatic carbocycles. The number of nitrogens with zero attached hydrogens (tertiary/aromatic N) is 1. The molecule has 0 saturated carbocycles. The van der Waals surface area contributed by atoms with Gasteiger partial charge in [0.15, 0.2) is 0 Å². The molecule has 0 saturated heterocycles. The molecule has 0 rings (SSSR count). The lowest BCUT2D eigenvalue weighted by Crippen LogP contribution is -2.32. The molecule has 0 unspecified atom stereocenters. The van der Waals surface area contributed by atoms with Crippen LogP contribution in [0.15, 0.2) is 0 Å². The van der Waals surface area contributed by atoms with Gasteiger partial charge in [-0.25, -0.2) is 0 Å². The number of hydrogen-bond donors (Lipinski definition) is 0. The summed E-state index contributed by atoms with van der Waals surface area (Å²) in [6, 6.07) is 0. The first-order valence-electron chi connectivity index (χ1n) is 6.06.